The largest absolute Gasteiger partial charge is 0.325 e. The minimum Gasteiger partial charge on any atom is -0.325 e. The summed E-state index contributed by atoms with van der Waals surface area (Å²) >= 11 is 4.23. The highest BCUT2D eigenvalue weighted by Crippen LogP contribution is 2.37. The number of amides is 1. The summed E-state index contributed by atoms with van der Waals surface area (Å²) in [6.45, 7) is 1.99. The summed E-state index contributed by atoms with van der Waals surface area (Å²) in [6.07, 6.45) is 5.16. The fourth-order valence-corrected chi connectivity index (χ4v) is 2.64. The average molecular weight is 267 g/mol. The van der Waals surface area contributed by atoms with Crippen LogP contribution in [-0.2, 0) is 4.79 Å². The van der Waals surface area contributed by atoms with E-state index in [2.05, 4.69) is 17.9 Å². The summed E-state index contributed by atoms with van der Waals surface area (Å²) in [5.74, 6) is -0.389. The van der Waals surface area contributed by atoms with Crippen molar-refractivity contribution in [2.24, 2.45) is 5.41 Å². The molecule has 0 heterocycles. The molecule has 1 amide bonds. The first kappa shape index (κ1) is 13.4. The molecule has 2 nitrogen and oxygen atoms in total. The van der Waals surface area contributed by atoms with E-state index >= 15 is 0 Å². The summed E-state index contributed by atoms with van der Waals surface area (Å²) in [6, 6.07) is 4.20. The van der Waals surface area contributed by atoms with Gasteiger partial charge in [-0.2, -0.15) is 0 Å². The van der Waals surface area contributed by atoms with Crippen molar-refractivity contribution in [1.29, 1.82) is 0 Å². The molecule has 2 rings (SSSR count). The molecule has 18 heavy (non-hydrogen) atoms. The Morgan fingerprint density at radius 2 is 2.00 bits per heavy atom. The lowest BCUT2D eigenvalue weighted by Gasteiger charge is -2.32. The molecule has 0 saturated heterocycles. The minimum atomic E-state index is -0.364. The van der Waals surface area contributed by atoms with Crippen LogP contribution in [0.2, 0.25) is 0 Å². The molecule has 98 valence electrons. The van der Waals surface area contributed by atoms with E-state index in [1.54, 1.807) is 6.07 Å². The SMILES string of the molecule is CC1(C(=O)Nc2cc(F)ccc2S)CCCCC1. The van der Waals surface area contributed by atoms with Crippen molar-refractivity contribution in [2.45, 2.75) is 43.9 Å². The molecule has 1 aliphatic rings. The van der Waals surface area contributed by atoms with Crippen LogP contribution in [-0.4, -0.2) is 5.91 Å². The highest BCUT2D eigenvalue weighted by atomic mass is 32.1. The third-order valence-corrected chi connectivity index (χ3v) is 4.10. The zero-order valence-electron chi connectivity index (χ0n) is 10.5. The smallest absolute Gasteiger partial charge is 0.230 e. The summed E-state index contributed by atoms with van der Waals surface area (Å²) in [5, 5.41) is 2.81. The number of benzene rings is 1. The Balaban J connectivity index is 2.13. The van der Waals surface area contributed by atoms with Crippen LogP contribution < -0.4 is 5.32 Å². The maximum atomic E-state index is 13.2. The standard InChI is InChI=1S/C14H18FNOS/c1-14(7-3-2-4-8-14)13(17)16-11-9-10(15)5-6-12(11)18/h5-6,9,18H,2-4,7-8H2,1H3,(H,16,17). The van der Waals surface area contributed by atoms with Crippen LogP contribution in [0.5, 0.6) is 0 Å². The molecule has 0 unspecified atom stereocenters. The van der Waals surface area contributed by atoms with Gasteiger partial charge < -0.3 is 5.32 Å². The quantitative estimate of drug-likeness (QED) is 0.778. The fraction of sp³-hybridized carbons (Fsp3) is 0.500. The van der Waals surface area contributed by atoms with Crippen LogP contribution in [0.3, 0.4) is 0 Å². The van der Waals surface area contributed by atoms with Gasteiger partial charge in [0.2, 0.25) is 5.91 Å². The molecule has 1 saturated carbocycles. The van der Waals surface area contributed by atoms with Crippen LogP contribution in [0.1, 0.15) is 39.0 Å². The van der Waals surface area contributed by atoms with E-state index in [-0.39, 0.29) is 17.1 Å². The normalized spacial score (nSPS) is 18.4. The summed E-state index contributed by atoms with van der Waals surface area (Å²) in [4.78, 5) is 12.9. The van der Waals surface area contributed by atoms with Crippen LogP contribution in [0, 0.1) is 11.2 Å². The number of hydrogen-bond donors (Lipinski definition) is 2. The van der Waals surface area contributed by atoms with E-state index in [0.717, 1.165) is 25.7 Å². The van der Waals surface area contributed by atoms with Gasteiger partial charge in [0.1, 0.15) is 5.82 Å². The fourth-order valence-electron chi connectivity index (χ4n) is 2.44. The summed E-state index contributed by atoms with van der Waals surface area (Å²) < 4.78 is 13.2. The molecule has 1 aromatic carbocycles. The average Bonchev–Trinajstić information content (AvgIpc) is 2.35. The highest BCUT2D eigenvalue weighted by Gasteiger charge is 2.34. The molecule has 1 N–H and O–H groups in total. The first-order chi connectivity index (χ1) is 8.51. The number of hydrogen-bond acceptors (Lipinski definition) is 2. The van der Waals surface area contributed by atoms with E-state index in [1.165, 1.54) is 18.6 Å². The maximum Gasteiger partial charge on any atom is 0.230 e. The topological polar surface area (TPSA) is 29.1 Å². The second kappa shape index (κ2) is 5.31. The third kappa shape index (κ3) is 2.86. The van der Waals surface area contributed by atoms with Crippen molar-refractivity contribution < 1.29 is 9.18 Å². The Kier molecular flexibility index (Phi) is 3.95. The monoisotopic (exact) mass is 267 g/mol. The zero-order chi connectivity index (χ0) is 13.2. The third-order valence-electron chi connectivity index (χ3n) is 3.71. The lowest BCUT2D eigenvalue weighted by Crippen LogP contribution is -2.35. The molecule has 1 fully saturated rings. The molecule has 1 aliphatic carbocycles. The molecule has 0 bridgehead atoms. The number of rotatable bonds is 2. The molecule has 1 aromatic rings. The highest BCUT2D eigenvalue weighted by molar-refractivity contribution is 7.80. The predicted octanol–water partition coefficient (Wildman–Crippen LogP) is 4.02. The first-order valence-electron chi connectivity index (χ1n) is 6.31. The van der Waals surface area contributed by atoms with Gasteiger partial charge in [-0.15, -0.1) is 12.6 Å². The summed E-state index contributed by atoms with van der Waals surface area (Å²) in [7, 11) is 0. The van der Waals surface area contributed by atoms with Crippen molar-refractivity contribution in [1.82, 2.24) is 0 Å². The zero-order valence-corrected chi connectivity index (χ0v) is 11.4. The number of nitrogens with one attached hydrogen (secondary N) is 1. The lowest BCUT2D eigenvalue weighted by molar-refractivity contribution is -0.126. The Morgan fingerprint density at radius 3 is 2.67 bits per heavy atom. The van der Waals surface area contributed by atoms with Gasteiger partial charge in [-0.05, 0) is 31.0 Å². The van der Waals surface area contributed by atoms with Gasteiger partial charge in [0, 0.05) is 10.3 Å². The Labute approximate surface area is 112 Å². The molecule has 0 atom stereocenters. The van der Waals surface area contributed by atoms with Gasteiger partial charge >= 0.3 is 0 Å². The second-order valence-electron chi connectivity index (χ2n) is 5.24. The van der Waals surface area contributed by atoms with Gasteiger partial charge in [0.05, 0.1) is 5.69 Å². The molecular weight excluding hydrogens is 249 g/mol. The molecule has 0 aromatic heterocycles. The second-order valence-corrected chi connectivity index (χ2v) is 5.72. The van der Waals surface area contributed by atoms with Crippen molar-refractivity contribution in [3.8, 4) is 0 Å². The van der Waals surface area contributed by atoms with Crippen molar-refractivity contribution in [3.63, 3.8) is 0 Å². The number of anilines is 1. The van der Waals surface area contributed by atoms with Crippen LogP contribution in [0.25, 0.3) is 0 Å². The van der Waals surface area contributed by atoms with Crippen molar-refractivity contribution in [2.75, 3.05) is 5.32 Å². The minimum absolute atomic E-state index is 0.0249. The number of carbonyl (C=O) groups is 1. The number of halogens is 1. The van der Waals surface area contributed by atoms with E-state index < -0.39 is 0 Å². The van der Waals surface area contributed by atoms with Gasteiger partial charge in [0.15, 0.2) is 0 Å². The van der Waals surface area contributed by atoms with Crippen LogP contribution in [0.15, 0.2) is 23.1 Å². The van der Waals surface area contributed by atoms with Crippen LogP contribution >= 0.6 is 12.6 Å². The number of thiol groups is 1. The number of carbonyl (C=O) groups excluding carboxylic acids is 1. The van der Waals surface area contributed by atoms with Gasteiger partial charge in [-0.25, -0.2) is 4.39 Å². The summed E-state index contributed by atoms with van der Waals surface area (Å²) in [5.41, 5.74) is 0.125. The van der Waals surface area contributed by atoms with Gasteiger partial charge in [0.25, 0.3) is 0 Å². The van der Waals surface area contributed by atoms with Gasteiger partial charge in [-0.3, -0.25) is 4.79 Å². The predicted molar refractivity (Wildman–Crippen MR) is 73.5 cm³/mol. The Hall–Kier alpha value is -1.03. The molecular formula is C14H18FNOS. The molecule has 0 spiro atoms. The Morgan fingerprint density at radius 1 is 1.33 bits per heavy atom. The van der Waals surface area contributed by atoms with Crippen molar-refractivity contribution >= 4 is 24.2 Å². The Bertz CT molecular complexity index is 455. The van der Waals surface area contributed by atoms with E-state index in [0.29, 0.717) is 10.6 Å². The van der Waals surface area contributed by atoms with Crippen LogP contribution in [0.4, 0.5) is 10.1 Å². The van der Waals surface area contributed by atoms with E-state index in [9.17, 15) is 9.18 Å². The van der Waals surface area contributed by atoms with E-state index in [4.69, 9.17) is 0 Å². The van der Waals surface area contributed by atoms with E-state index in [1.807, 2.05) is 6.92 Å². The molecule has 0 aliphatic heterocycles. The van der Waals surface area contributed by atoms with Crippen molar-refractivity contribution in [3.05, 3.63) is 24.0 Å². The lowest BCUT2D eigenvalue weighted by atomic mass is 9.75. The molecule has 4 heteroatoms. The first-order valence-corrected chi connectivity index (χ1v) is 6.76. The van der Waals surface area contributed by atoms with Gasteiger partial charge in [-0.1, -0.05) is 26.2 Å². The molecule has 0 radical (unpaired) electrons. The maximum absolute atomic E-state index is 13.2.